The lowest BCUT2D eigenvalue weighted by atomic mass is 10.3. The Labute approximate surface area is 70.5 Å². The van der Waals surface area contributed by atoms with E-state index in [4.69, 9.17) is 10.9 Å². The second-order valence-corrected chi connectivity index (χ2v) is 3.88. The lowest BCUT2D eigenvalue weighted by Crippen LogP contribution is -2.16. The van der Waals surface area contributed by atoms with Crippen LogP contribution in [-0.2, 0) is 10.0 Å². The topological polar surface area (TPSA) is 99.1 Å². The van der Waals surface area contributed by atoms with Crippen molar-refractivity contribution in [3.05, 3.63) is 17.7 Å². The highest BCUT2D eigenvalue weighted by Gasteiger charge is 2.12. The summed E-state index contributed by atoms with van der Waals surface area (Å²) in [5, 5.41) is 4.72. The van der Waals surface area contributed by atoms with E-state index in [9.17, 15) is 8.42 Å². The van der Waals surface area contributed by atoms with Gasteiger partial charge in [-0.05, 0) is 18.6 Å². The number of aromatic nitrogens is 1. The Morgan fingerprint density at radius 1 is 1.42 bits per heavy atom. The number of rotatable bonds is 1. The van der Waals surface area contributed by atoms with Crippen LogP contribution >= 0.6 is 0 Å². The van der Waals surface area contributed by atoms with E-state index in [-0.39, 0.29) is 10.8 Å². The molecule has 1 rings (SSSR count). The quantitative estimate of drug-likeness (QED) is 0.626. The second-order valence-electron chi connectivity index (χ2n) is 2.40. The summed E-state index contributed by atoms with van der Waals surface area (Å²) in [7, 11) is -3.75. The first kappa shape index (κ1) is 8.95. The molecular weight excluding hydrogens is 178 g/mol. The lowest BCUT2D eigenvalue weighted by Gasteiger charge is -2.01. The van der Waals surface area contributed by atoms with Gasteiger partial charge in [0.05, 0.1) is 0 Å². The van der Waals surface area contributed by atoms with Crippen molar-refractivity contribution < 1.29 is 8.42 Å². The molecule has 0 saturated heterocycles. The number of sulfonamides is 1. The first-order valence-electron chi connectivity index (χ1n) is 3.17. The number of hydrogen-bond donors (Lipinski definition) is 2. The van der Waals surface area contributed by atoms with Crippen molar-refractivity contribution in [2.24, 2.45) is 5.14 Å². The number of nitrogen functional groups attached to an aromatic ring is 1. The minimum Gasteiger partial charge on any atom is -0.384 e. The molecule has 0 aliphatic heterocycles. The highest BCUT2D eigenvalue weighted by molar-refractivity contribution is 7.89. The summed E-state index contributed by atoms with van der Waals surface area (Å²) in [5.74, 6) is 0.143. The largest absolute Gasteiger partial charge is 0.384 e. The molecule has 66 valence electrons. The summed E-state index contributed by atoms with van der Waals surface area (Å²) in [6.07, 6.45) is 0. The van der Waals surface area contributed by atoms with Crippen molar-refractivity contribution in [3.8, 4) is 0 Å². The zero-order valence-electron chi connectivity index (χ0n) is 6.48. The Balaban J connectivity index is 3.43. The van der Waals surface area contributed by atoms with Crippen LogP contribution < -0.4 is 10.9 Å². The number of aryl methyl sites for hydroxylation is 1. The van der Waals surface area contributed by atoms with Crippen LogP contribution in [-0.4, -0.2) is 13.4 Å². The molecule has 12 heavy (non-hydrogen) atoms. The molecule has 0 saturated carbocycles. The number of pyridine rings is 1. The number of nitrogens with two attached hydrogens (primary N) is 2. The number of primary sulfonamides is 1. The molecule has 0 radical (unpaired) electrons. The van der Waals surface area contributed by atoms with E-state index in [0.29, 0.717) is 5.56 Å². The molecule has 0 aliphatic rings. The average molecular weight is 187 g/mol. The van der Waals surface area contributed by atoms with Crippen molar-refractivity contribution in [1.29, 1.82) is 0 Å². The van der Waals surface area contributed by atoms with E-state index in [1.165, 1.54) is 6.07 Å². The van der Waals surface area contributed by atoms with Crippen molar-refractivity contribution in [3.63, 3.8) is 0 Å². The molecule has 4 N–H and O–H groups in total. The first-order chi connectivity index (χ1) is 5.41. The van der Waals surface area contributed by atoms with Gasteiger partial charge in [-0.2, -0.15) is 0 Å². The fourth-order valence-corrected chi connectivity index (χ4v) is 1.56. The van der Waals surface area contributed by atoms with Crippen molar-refractivity contribution in [2.45, 2.75) is 11.9 Å². The Kier molecular flexibility index (Phi) is 2.03. The fraction of sp³-hybridized carbons (Fsp3) is 0.167. The molecule has 0 amide bonds. The Bertz CT molecular complexity index is 399. The van der Waals surface area contributed by atoms with Crippen LogP contribution in [0.4, 0.5) is 5.82 Å². The molecule has 1 aromatic rings. The molecule has 0 bridgehead atoms. The van der Waals surface area contributed by atoms with Crippen LogP contribution in [0.15, 0.2) is 17.2 Å². The fourth-order valence-electron chi connectivity index (χ4n) is 0.812. The molecule has 0 aliphatic carbocycles. The number of anilines is 1. The normalized spacial score (nSPS) is 11.5. The summed E-state index contributed by atoms with van der Waals surface area (Å²) >= 11 is 0. The maximum atomic E-state index is 10.9. The van der Waals surface area contributed by atoms with E-state index in [2.05, 4.69) is 4.98 Å². The van der Waals surface area contributed by atoms with Crippen LogP contribution in [0.25, 0.3) is 0 Å². The van der Waals surface area contributed by atoms with E-state index in [0.717, 1.165) is 0 Å². The van der Waals surface area contributed by atoms with Gasteiger partial charge in [0.15, 0.2) is 5.03 Å². The smallest absolute Gasteiger partial charge is 0.255 e. The molecular formula is C6H9N3O2S. The average Bonchev–Trinajstić information content (AvgIpc) is 1.92. The molecule has 0 spiro atoms. The van der Waals surface area contributed by atoms with E-state index in [1.54, 1.807) is 13.0 Å². The van der Waals surface area contributed by atoms with Crippen LogP contribution in [0.1, 0.15) is 5.56 Å². The second kappa shape index (κ2) is 2.72. The van der Waals surface area contributed by atoms with Gasteiger partial charge in [-0.25, -0.2) is 18.5 Å². The monoisotopic (exact) mass is 187 g/mol. The van der Waals surface area contributed by atoms with E-state index in [1.807, 2.05) is 0 Å². The van der Waals surface area contributed by atoms with Gasteiger partial charge in [0.1, 0.15) is 5.82 Å². The van der Waals surface area contributed by atoms with Gasteiger partial charge >= 0.3 is 0 Å². The van der Waals surface area contributed by atoms with Crippen LogP contribution in [0, 0.1) is 6.92 Å². The van der Waals surface area contributed by atoms with Gasteiger partial charge in [0.2, 0.25) is 0 Å². The Morgan fingerprint density at radius 2 is 2.00 bits per heavy atom. The molecule has 0 fully saturated rings. The minimum absolute atomic E-state index is 0.143. The molecule has 5 nitrogen and oxygen atoms in total. The summed E-state index contributed by atoms with van der Waals surface area (Å²) in [4.78, 5) is 3.61. The number of hydrogen-bond acceptors (Lipinski definition) is 4. The Morgan fingerprint density at radius 3 is 2.42 bits per heavy atom. The molecule has 1 heterocycles. The van der Waals surface area contributed by atoms with E-state index < -0.39 is 10.0 Å². The zero-order chi connectivity index (χ0) is 9.35. The highest BCUT2D eigenvalue weighted by atomic mass is 32.2. The highest BCUT2D eigenvalue weighted by Crippen LogP contribution is 2.11. The van der Waals surface area contributed by atoms with Gasteiger partial charge in [0.25, 0.3) is 10.0 Å². The Hall–Kier alpha value is -1.14. The minimum atomic E-state index is -3.75. The van der Waals surface area contributed by atoms with E-state index >= 15 is 0 Å². The summed E-state index contributed by atoms with van der Waals surface area (Å²) in [6, 6.07) is 3.08. The number of nitrogens with zero attached hydrogens (tertiary/aromatic N) is 1. The van der Waals surface area contributed by atoms with Gasteiger partial charge in [0, 0.05) is 0 Å². The first-order valence-corrected chi connectivity index (χ1v) is 4.72. The molecule has 6 heteroatoms. The third-order valence-electron chi connectivity index (χ3n) is 1.34. The predicted molar refractivity (Wildman–Crippen MR) is 44.8 cm³/mol. The standard InChI is InChI=1S/C6H9N3O2S/c1-4-2-3-5(7)9-6(4)12(8,10)11/h2-3H,1H3,(H2,7,9)(H2,8,10,11). The third-order valence-corrected chi connectivity index (χ3v) is 2.29. The van der Waals surface area contributed by atoms with Gasteiger partial charge in [-0.1, -0.05) is 6.07 Å². The lowest BCUT2D eigenvalue weighted by molar-refractivity contribution is 0.593. The molecule has 0 atom stereocenters. The van der Waals surface area contributed by atoms with Crippen LogP contribution in [0.5, 0.6) is 0 Å². The SMILES string of the molecule is Cc1ccc(N)nc1S(N)(=O)=O. The molecule has 0 aromatic carbocycles. The van der Waals surface area contributed by atoms with Crippen molar-refractivity contribution >= 4 is 15.8 Å². The van der Waals surface area contributed by atoms with Gasteiger partial charge in [-0.15, -0.1) is 0 Å². The van der Waals surface area contributed by atoms with Crippen molar-refractivity contribution in [2.75, 3.05) is 5.73 Å². The molecule has 0 unspecified atom stereocenters. The third kappa shape index (κ3) is 1.72. The van der Waals surface area contributed by atoms with Gasteiger partial charge < -0.3 is 5.73 Å². The predicted octanol–water partition coefficient (Wildman–Crippen LogP) is -0.380. The van der Waals surface area contributed by atoms with Crippen molar-refractivity contribution in [1.82, 2.24) is 4.98 Å². The van der Waals surface area contributed by atoms with Crippen LogP contribution in [0.3, 0.4) is 0 Å². The van der Waals surface area contributed by atoms with Gasteiger partial charge in [-0.3, -0.25) is 0 Å². The zero-order valence-corrected chi connectivity index (χ0v) is 7.30. The summed E-state index contributed by atoms with van der Waals surface area (Å²) in [5.41, 5.74) is 5.79. The van der Waals surface area contributed by atoms with Crippen LogP contribution in [0.2, 0.25) is 0 Å². The maximum absolute atomic E-state index is 10.9. The molecule has 1 aromatic heterocycles. The maximum Gasteiger partial charge on any atom is 0.255 e. The summed E-state index contributed by atoms with van der Waals surface area (Å²) in [6.45, 7) is 1.60. The summed E-state index contributed by atoms with van der Waals surface area (Å²) < 4.78 is 21.7.